The van der Waals surface area contributed by atoms with Gasteiger partial charge in [-0.05, 0) is 234 Å². The number of benzene rings is 6. The highest BCUT2D eigenvalue weighted by atomic mass is 15.0. The zero-order valence-electron chi connectivity index (χ0n) is 39.8. The van der Waals surface area contributed by atoms with Crippen LogP contribution in [-0.4, -0.2) is 19.9 Å². The summed E-state index contributed by atoms with van der Waals surface area (Å²) in [4.78, 5) is 20.3. The lowest BCUT2D eigenvalue weighted by Gasteiger charge is -2.57. The maximum atomic E-state index is 9.72. The monoisotopic (exact) mass is 907 g/mol. The molecule has 0 aliphatic heterocycles. The Morgan fingerprint density at radius 2 is 0.686 bits per heavy atom. The van der Waals surface area contributed by atoms with Crippen LogP contribution in [0.5, 0.6) is 0 Å². The Hall–Kier alpha value is -7.03. The summed E-state index contributed by atoms with van der Waals surface area (Å²) < 4.78 is 0. The van der Waals surface area contributed by atoms with E-state index < -0.39 is 0 Å². The van der Waals surface area contributed by atoms with Crippen molar-refractivity contribution in [3.05, 3.63) is 181 Å². The fourth-order valence-corrected chi connectivity index (χ4v) is 15.8. The molecule has 0 saturated heterocycles. The van der Waals surface area contributed by atoms with Crippen molar-refractivity contribution < 1.29 is 0 Å². The molecule has 0 radical (unpaired) electrons. The van der Waals surface area contributed by atoms with Gasteiger partial charge >= 0.3 is 0 Å². The molecule has 8 saturated carbocycles. The first-order valence-corrected chi connectivity index (χ1v) is 26.1. The average Bonchev–Trinajstić information content (AvgIpc) is 3.40. The van der Waals surface area contributed by atoms with Gasteiger partial charge in [-0.25, -0.2) is 15.0 Å². The largest absolute Gasteiger partial charge is 0.265 e. The van der Waals surface area contributed by atoms with Crippen molar-refractivity contribution in [2.75, 3.05) is 0 Å². The predicted octanol–water partition coefficient (Wildman–Crippen LogP) is 15.7. The van der Waals surface area contributed by atoms with Gasteiger partial charge in [-0.2, -0.15) is 5.26 Å². The SMILES string of the molecule is N#Cc1ccc(-c2cc(-c3cccc(-c4ccc(C56CC7C[C@H](C5)C[C@@H](C7)C6)cc4)c3)cc(-c3nc(-c4ccc(C56C[C@H]7C[C@@H](C5)C[C@@H](C6)C7)cc4)nc(-c4cccc(-c5ccncc5)c4)n3)c2)cc1. The number of nitrogens with zero attached hydrogens (tertiary/aromatic N) is 5. The zero-order chi connectivity index (χ0) is 46.4. The minimum absolute atomic E-state index is 0.313. The summed E-state index contributed by atoms with van der Waals surface area (Å²) >= 11 is 0. The molecule has 70 heavy (non-hydrogen) atoms. The van der Waals surface area contributed by atoms with Crippen LogP contribution in [0.2, 0.25) is 0 Å². The van der Waals surface area contributed by atoms with Gasteiger partial charge in [0.05, 0.1) is 11.6 Å². The molecule has 0 N–H and O–H groups in total. The van der Waals surface area contributed by atoms with Crippen molar-refractivity contribution in [2.24, 2.45) is 35.5 Å². The van der Waals surface area contributed by atoms with Gasteiger partial charge in [0.1, 0.15) is 0 Å². The van der Waals surface area contributed by atoms with Crippen LogP contribution in [-0.2, 0) is 10.8 Å². The maximum Gasteiger partial charge on any atom is 0.164 e. The molecule has 6 aromatic carbocycles. The Morgan fingerprint density at radius 1 is 0.343 bits per heavy atom. The van der Waals surface area contributed by atoms with Gasteiger partial charge in [0.2, 0.25) is 0 Å². The molecular weight excluding hydrogens is 851 g/mol. The van der Waals surface area contributed by atoms with E-state index >= 15 is 0 Å². The number of hydrogen-bond donors (Lipinski definition) is 0. The van der Waals surface area contributed by atoms with Crippen molar-refractivity contribution in [3.63, 3.8) is 0 Å². The Balaban J connectivity index is 0.868. The van der Waals surface area contributed by atoms with E-state index in [9.17, 15) is 5.26 Å². The van der Waals surface area contributed by atoms with Crippen molar-refractivity contribution >= 4 is 0 Å². The van der Waals surface area contributed by atoms with Gasteiger partial charge in [0.25, 0.3) is 0 Å². The summed E-state index contributed by atoms with van der Waals surface area (Å²) in [7, 11) is 0. The Kier molecular flexibility index (Phi) is 9.91. The van der Waals surface area contributed by atoms with Crippen LogP contribution < -0.4 is 0 Å². The second kappa shape index (κ2) is 16.6. The first-order chi connectivity index (χ1) is 34.4. The summed E-state index contributed by atoms with van der Waals surface area (Å²) in [6, 6.07) is 57.4. The van der Waals surface area contributed by atoms with Crippen LogP contribution >= 0.6 is 0 Å². The maximum absolute atomic E-state index is 9.72. The predicted molar refractivity (Wildman–Crippen MR) is 280 cm³/mol. The normalized spacial score (nSPS) is 26.8. The van der Waals surface area contributed by atoms with E-state index in [-0.39, 0.29) is 0 Å². The minimum atomic E-state index is 0.313. The van der Waals surface area contributed by atoms with Crippen LogP contribution in [0.1, 0.15) is 93.7 Å². The first kappa shape index (κ1) is 41.9. The van der Waals surface area contributed by atoms with Crippen LogP contribution in [0.3, 0.4) is 0 Å². The molecule has 2 heterocycles. The van der Waals surface area contributed by atoms with Crippen molar-refractivity contribution in [3.8, 4) is 84.7 Å². The number of hydrogen-bond acceptors (Lipinski definition) is 5. The zero-order valence-corrected chi connectivity index (χ0v) is 39.8. The topological polar surface area (TPSA) is 75.3 Å². The van der Waals surface area contributed by atoms with E-state index in [1.807, 2.05) is 48.8 Å². The van der Waals surface area contributed by atoms with Crippen molar-refractivity contribution in [2.45, 2.75) is 87.9 Å². The lowest BCUT2D eigenvalue weighted by molar-refractivity contribution is -0.00530. The lowest BCUT2D eigenvalue weighted by atomic mass is 9.48. The number of nitriles is 1. The number of pyridine rings is 1. The molecule has 0 spiro atoms. The highest BCUT2D eigenvalue weighted by Crippen LogP contribution is 2.62. The molecule has 8 bridgehead atoms. The van der Waals surface area contributed by atoms with Gasteiger partial charge in [-0.3, -0.25) is 4.98 Å². The smallest absolute Gasteiger partial charge is 0.164 e. The van der Waals surface area contributed by atoms with Crippen LogP contribution in [0.15, 0.2) is 164 Å². The molecule has 8 aliphatic carbocycles. The molecule has 8 aromatic rings. The van der Waals surface area contributed by atoms with E-state index in [2.05, 4.69) is 126 Å². The molecule has 0 amide bonds. The van der Waals surface area contributed by atoms with Gasteiger partial charge in [-0.15, -0.1) is 0 Å². The van der Waals surface area contributed by atoms with E-state index in [4.69, 9.17) is 15.0 Å². The third kappa shape index (κ3) is 7.50. The van der Waals surface area contributed by atoms with Crippen LogP contribution in [0, 0.1) is 46.8 Å². The van der Waals surface area contributed by atoms with Crippen molar-refractivity contribution in [1.29, 1.82) is 5.26 Å². The summed E-state index contributed by atoms with van der Waals surface area (Å²) in [5.74, 6) is 7.35. The molecule has 8 aliphatic rings. The first-order valence-electron chi connectivity index (χ1n) is 26.1. The third-order valence-corrected chi connectivity index (χ3v) is 18.2. The Labute approximate surface area is 412 Å². The Bertz CT molecular complexity index is 3260. The second-order valence-corrected chi connectivity index (χ2v) is 22.7. The van der Waals surface area contributed by atoms with Crippen molar-refractivity contribution in [1.82, 2.24) is 19.9 Å². The molecule has 8 fully saturated rings. The summed E-state index contributed by atoms with van der Waals surface area (Å²) in [5, 5.41) is 9.72. The molecule has 0 unspecified atom stereocenters. The van der Waals surface area contributed by atoms with Gasteiger partial charge in [0.15, 0.2) is 17.5 Å². The molecule has 16 rings (SSSR count). The molecule has 5 heteroatoms. The average molecular weight is 908 g/mol. The minimum Gasteiger partial charge on any atom is -0.265 e. The molecule has 5 nitrogen and oxygen atoms in total. The van der Waals surface area contributed by atoms with E-state index in [1.54, 1.807) is 5.56 Å². The van der Waals surface area contributed by atoms with Gasteiger partial charge in [0, 0.05) is 29.1 Å². The molecule has 342 valence electrons. The quantitative estimate of drug-likeness (QED) is 0.144. The third-order valence-electron chi connectivity index (χ3n) is 18.2. The summed E-state index contributed by atoms with van der Waals surface area (Å²) in [6.45, 7) is 0. The standard InChI is InChI=1S/C65H57N5/c66-40-41-7-9-49(10-8-41)56-31-57(54-5-1-3-52(29-54)48-11-15-59(16-12-48)64-34-42-23-43(35-64)25-44(24-42)36-64)33-58(32-56)63-69-61(68-62(70-63)55-6-2-4-53(30-55)50-19-21-67-22-20-50)51-13-17-60(18-14-51)65-37-45-26-46(38-65)28-47(27-45)39-65/h1-22,29-33,42-47H,23-28,34-39H2/t42-,43+,44?,45-,46+,47-,64?,65?. The molecular formula is C65H57N5. The van der Waals surface area contributed by atoms with E-state index in [1.165, 1.54) is 93.7 Å². The summed E-state index contributed by atoms with van der Waals surface area (Å²) in [6.07, 6.45) is 20.5. The van der Waals surface area contributed by atoms with E-state index in [0.717, 1.165) is 85.6 Å². The lowest BCUT2D eigenvalue weighted by Crippen LogP contribution is -2.48. The summed E-state index contributed by atoms with van der Waals surface area (Å²) in [5.41, 5.74) is 16.1. The van der Waals surface area contributed by atoms with Gasteiger partial charge < -0.3 is 0 Å². The van der Waals surface area contributed by atoms with E-state index in [0.29, 0.717) is 33.9 Å². The molecule has 2 aromatic heterocycles. The number of aromatic nitrogens is 4. The fourth-order valence-electron chi connectivity index (χ4n) is 15.8. The molecule has 0 atom stereocenters. The highest BCUT2D eigenvalue weighted by Gasteiger charge is 2.52. The fraction of sp³-hybridized carbons (Fsp3) is 0.308. The Morgan fingerprint density at radius 3 is 1.19 bits per heavy atom. The van der Waals surface area contributed by atoms with Crippen LogP contribution in [0.25, 0.3) is 78.7 Å². The number of rotatable bonds is 9. The van der Waals surface area contributed by atoms with Gasteiger partial charge in [-0.1, -0.05) is 97.1 Å². The highest BCUT2D eigenvalue weighted by molar-refractivity contribution is 5.83. The second-order valence-electron chi connectivity index (χ2n) is 22.7. The van der Waals surface area contributed by atoms with Crippen LogP contribution in [0.4, 0.5) is 0 Å².